The summed E-state index contributed by atoms with van der Waals surface area (Å²) in [7, 11) is 0. The number of benzene rings is 1. The minimum absolute atomic E-state index is 0.219. The highest BCUT2D eigenvalue weighted by Gasteiger charge is 2.22. The van der Waals surface area contributed by atoms with E-state index in [1.807, 2.05) is 0 Å². The molecule has 1 saturated heterocycles. The number of thiocarbonyl (C=S) groups is 1. The van der Waals surface area contributed by atoms with Gasteiger partial charge < -0.3 is 5.73 Å². The Hall–Kier alpha value is -0.970. The molecule has 1 atom stereocenters. The fourth-order valence-electron chi connectivity index (χ4n) is 2.44. The van der Waals surface area contributed by atoms with Gasteiger partial charge >= 0.3 is 0 Å². The third-order valence-corrected chi connectivity index (χ3v) is 4.23. The summed E-state index contributed by atoms with van der Waals surface area (Å²) >= 11 is 5.07. The normalized spacial score (nSPS) is 19.3. The summed E-state index contributed by atoms with van der Waals surface area (Å²) < 4.78 is 0. The minimum Gasteiger partial charge on any atom is -0.392 e. The molecule has 19 heavy (non-hydrogen) atoms. The second kappa shape index (κ2) is 6.46. The molecule has 4 heteroatoms. The first kappa shape index (κ1) is 14.4. The highest BCUT2D eigenvalue weighted by molar-refractivity contribution is 7.80. The Balaban J connectivity index is 1.83. The average molecular weight is 277 g/mol. The first-order chi connectivity index (χ1) is 9.06. The van der Waals surface area contributed by atoms with Gasteiger partial charge in [0, 0.05) is 32.7 Å². The predicted molar refractivity (Wildman–Crippen MR) is 84.3 cm³/mol. The van der Waals surface area contributed by atoms with Crippen LogP contribution in [0.5, 0.6) is 0 Å². The number of piperazine rings is 1. The topological polar surface area (TPSA) is 32.5 Å². The van der Waals surface area contributed by atoms with Gasteiger partial charge in [-0.1, -0.05) is 42.0 Å². The Morgan fingerprint density at radius 3 is 2.32 bits per heavy atom. The smallest absolute Gasteiger partial charge is 0.0899 e. The molecule has 0 aromatic heterocycles. The Bertz CT molecular complexity index is 422. The van der Waals surface area contributed by atoms with Gasteiger partial charge in [0.15, 0.2) is 0 Å². The van der Waals surface area contributed by atoms with Crippen LogP contribution < -0.4 is 5.73 Å². The van der Waals surface area contributed by atoms with Crippen molar-refractivity contribution in [2.24, 2.45) is 5.73 Å². The van der Waals surface area contributed by atoms with Crippen LogP contribution in [0.2, 0.25) is 0 Å². The zero-order chi connectivity index (χ0) is 13.8. The number of hydrogen-bond donors (Lipinski definition) is 1. The van der Waals surface area contributed by atoms with E-state index in [0.29, 0.717) is 4.99 Å². The molecule has 1 unspecified atom stereocenters. The Kier molecular flexibility index (Phi) is 4.91. The zero-order valence-electron chi connectivity index (χ0n) is 11.8. The molecule has 0 amide bonds. The molecular weight excluding hydrogens is 254 g/mol. The van der Waals surface area contributed by atoms with E-state index in [1.165, 1.54) is 11.1 Å². The summed E-state index contributed by atoms with van der Waals surface area (Å²) in [5.74, 6) is 0. The van der Waals surface area contributed by atoms with Gasteiger partial charge in [0.25, 0.3) is 0 Å². The molecule has 1 aromatic rings. The average Bonchev–Trinajstić information content (AvgIpc) is 2.41. The molecule has 1 aromatic carbocycles. The van der Waals surface area contributed by atoms with E-state index >= 15 is 0 Å². The third-order valence-electron chi connectivity index (χ3n) is 3.89. The van der Waals surface area contributed by atoms with Crippen LogP contribution in [0.1, 0.15) is 18.1 Å². The highest BCUT2D eigenvalue weighted by atomic mass is 32.1. The largest absolute Gasteiger partial charge is 0.392 e. The number of aryl methyl sites for hydroxylation is 1. The summed E-state index contributed by atoms with van der Waals surface area (Å²) in [6.07, 6.45) is 0. The third kappa shape index (κ3) is 4.00. The lowest BCUT2D eigenvalue weighted by atomic mass is 10.1. The van der Waals surface area contributed by atoms with Crippen molar-refractivity contribution < 1.29 is 0 Å². The molecule has 3 nitrogen and oxygen atoms in total. The van der Waals surface area contributed by atoms with Crippen LogP contribution in [0.3, 0.4) is 0 Å². The van der Waals surface area contributed by atoms with Crippen molar-refractivity contribution in [3.63, 3.8) is 0 Å². The molecule has 0 spiro atoms. The Morgan fingerprint density at radius 2 is 1.79 bits per heavy atom. The van der Waals surface area contributed by atoms with Gasteiger partial charge in [-0.15, -0.1) is 0 Å². The molecule has 0 aliphatic carbocycles. The van der Waals surface area contributed by atoms with E-state index in [4.69, 9.17) is 18.0 Å². The second-order valence-corrected chi connectivity index (χ2v) is 5.85. The Labute approximate surface area is 121 Å². The first-order valence-corrected chi connectivity index (χ1v) is 7.28. The Morgan fingerprint density at radius 1 is 1.21 bits per heavy atom. The zero-order valence-corrected chi connectivity index (χ0v) is 12.6. The van der Waals surface area contributed by atoms with Gasteiger partial charge in [-0.25, -0.2) is 0 Å². The number of nitrogens with two attached hydrogens (primary N) is 1. The van der Waals surface area contributed by atoms with Crippen LogP contribution >= 0.6 is 12.2 Å². The summed E-state index contributed by atoms with van der Waals surface area (Å²) in [5, 5.41) is 0. The van der Waals surface area contributed by atoms with Gasteiger partial charge in [0.05, 0.1) is 11.0 Å². The number of rotatable bonds is 4. The molecule has 1 heterocycles. The van der Waals surface area contributed by atoms with Crippen LogP contribution in [-0.2, 0) is 6.54 Å². The van der Waals surface area contributed by atoms with Crippen LogP contribution in [-0.4, -0.2) is 47.0 Å². The van der Waals surface area contributed by atoms with E-state index in [2.05, 4.69) is 47.9 Å². The van der Waals surface area contributed by atoms with Crippen LogP contribution in [0.15, 0.2) is 24.3 Å². The lowest BCUT2D eigenvalue weighted by Gasteiger charge is -2.37. The van der Waals surface area contributed by atoms with Crippen molar-refractivity contribution in [1.29, 1.82) is 0 Å². The lowest BCUT2D eigenvalue weighted by Crippen LogP contribution is -2.52. The monoisotopic (exact) mass is 277 g/mol. The van der Waals surface area contributed by atoms with Crippen molar-refractivity contribution in [2.45, 2.75) is 26.4 Å². The van der Waals surface area contributed by atoms with E-state index in [0.717, 1.165) is 32.7 Å². The molecule has 2 N–H and O–H groups in total. The van der Waals surface area contributed by atoms with E-state index in [1.54, 1.807) is 0 Å². The van der Waals surface area contributed by atoms with Crippen molar-refractivity contribution in [1.82, 2.24) is 9.80 Å². The molecule has 1 fully saturated rings. The fraction of sp³-hybridized carbons (Fsp3) is 0.533. The van der Waals surface area contributed by atoms with Gasteiger partial charge in [-0.05, 0) is 19.4 Å². The van der Waals surface area contributed by atoms with Crippen molar-refractivity contribution in [3.05, 3.63) is 35.4 Å². The van der Waals surface area contributed by atoms with Crippen LogP contribution in [0, 0.1) is 6.92 Å². The van der Waals surface area contributed by atoms with Crippen molar-refractivity contribution in [3.8, 4) is 0 Å². The van der Waals surface area contributed by atoms with E-state index < -0.39 is 0 Å². The molecule has 0 bridgehead atoms. The maximum absolute atomic E-state index is 5.72. The van der Waals surface area contributed by atoms with Crippen LogP contribution in [0.25, 0.3) is 0 Å². The molecule has 1 aliphatic heterocycles. The van der Waals surface area contributed by atoms with Gasteiger partial charge in [-0.2, -0.15) is 0 Å². The predicted octanol–water partition coefficient (Wildman–Crippen LogP) is 1.79. The van der Waals surface area contributed by atoms with Gasteiger partial charge in [0.1, 0.15) is 0 Å². The van der Waals surface area contributed by atoms with Gasteiger partial charge in [0.2, 0.25) is 0 Å². The molecular formula is C15H23N3S. The number of nitrogens with zero attached hydrogens (tertiary/aromatic N) is 2. The molecule has 1 aliphatic rings. The summed E-state index contributed by atoms with van der Waals surface area (Å²) in [6, 6.07) is 9.02. The summed E-state index contributed by atoms with van der Waals surface area (Å²) in [5.41, 5.74) is 8.42. The maximum Gasteiger partial charge on any atom is 0.0899 e. The highest BCUT2D eigenvalue weighted by Crippen LogP contribution is 2.11. The maximum atomic E-state index is 5.72. The molecule has 0 saturated carbocycles. The second-order valence-electron chi connectivity index (χ2n) is 5.38. The quantitative estimate of drug-likeness (QED) is 0.851. The standard InChI is InChI=1S/C15H23N3S/c1-12-3-5-14(6-4-12)11-17-7-9-18(10-8-17)13(2)15(16)19/h3-6,13H,7-11H2,1-2H3,(H2,16,19). The lowest BCUT2D eigenvalue weighted by molar-refractivity contribution is 0.118. The SMILES string of the molecule is Cc1ccc(CN2CCN(C(C)C(N)=S)CC2)cc1. The summed E-state index contributed by atoms with van der Waals surface area (Å²) in [4.78, 5) is 5.47. The van der Waals surface area contributed by atoms with E-state index in [-0.39, 0.29) is 6.04 Å². The fourth-order valence-corrected chi connectivity index (χ4v) is 2.59. The summed E-state index contributed by atoms with van der Waals surface area (Å²) in [6.45, 7) is 9.52. The van der Waals surface area contributed by atoms with Gasteiger partial charge in [-0.3, -0.25) is 9.80 Å². The van der Waals surface area contributed by atoms with Crippen molar-refractivity contribution >= 4 is 17.2 Å². The first-order valence-electron chi connectivity index (χ1n) is 6.87. The van der Waals surface area contributed by atoms with Crippen molar-refractivity contribution in [2.75, 3.05) is 26.2 Å². The van der Waals surface area contributed by atoms with E-state index in [9.17, 15) is 0 Å². The van der Waals surface area contributed by atoms with Crippen LogP contribution in [0.4, 0.5) is 0 Å². The minimum atomic E-state index is 0.219. The molecule has 2 rings (SSSR count). The molecule has 0 radical (unpaired) electrons. The number of hydrogen-bond acceptors (Lipinski definition) is 3. The molecule has 104 valence electrons.